The predicted molar refractivity (Wildman–Crippen MR) is 252 cm³/mol. The van der Waals surface area contributed by atoms with Gasteiger partial charge in [0.2, 0.25) is 0 Å². The van der Waals surface area contributed by atoms with E-state index >= 15 is 0 Å². The first kappa shape index (κ1) is 32.9. The lowest BCUT2D eigenvalue weighted by atomic mass is 9.89. The second-order valence-electron chi connectivity index (χ2n) is 15.7. The minimum absolute atomic E-state index is 0.690. The van der Waals surface area contributed by atoms with Gasteiger partial charge in [0, 0.05) is 60.6 Å². The van der Waals surface area contributed by atoms with E-state index in [4.69, 9.17) is 9.97 Å². The van der Waals surface area contributed by atoms with Crippen molar-refractivity contribution in [3.05, 3.63) is 206 Å². The highest BCUT2D eigenvalue weighted by atomic mass is 15.1. The molecule has 0 saturated heterocycles. The van der Waals surface area contributed by atoms with Gasteiger partial charge in [-0.05, 0) is 51.2 Å². The summed E-state index contributed by atoms with van der Waals surface area (Å²) in [5, 5.41) is 14.7. The van der Waals surface area contributed by atoms with Crippen LogP contribution in [0.4, 0.5) is 0 Å². The molecule has 0 aliphatic rings. The molecule has 0 fully saturated rings. The van der Waals surface area contributed by atoms with E-state index in [0.29, 0.717) is 5.82 Å². The van der Waals surface area contributed by atoms with Crippen LogP contribution in [0.1, 0.15) is 0 Å². The number of benzene rings is 10. The summed E-state index contributed by atoms with van der Waals surface area (Å²) in [6.07, 6.45) is 0. The summed E-state index contributed by atoms with van der Waals surface area (Å²) in [4.78, 5) is 10.6. The quantitative estimate of drug-likeness (QED) is 0.167. The van der Waals surface area contributed by atoms with E-state index in [1.54, 1.807) is 0 Å². The Morgan fingerprint density at radius 3 is 1.47 bits per heavy atom. The Morgan fingerprint density at radius 2 is 0.817 bits per heavy atom. The fourth-order valence-corrected chi connectivity index (χ4v) is 9.94. The van der Waals surface area contributed by atoms with Gasteiger partial charge in [0.15, 0.2) is 5.82 Å². The Morgan fingerprint density at radius 1 is 0.317 bits per heavy atom. The van der Waals surface area contributed by atoms with Crippen molar-refractivity contribution in [3.63, 3.8) is 0 Å². The molecule has 60 heavy (non-hydrogen) atoms. The standard InChI is InChI=1S/C56H34N4/c1-3-18-36(19-4-1)46-34-49(58-56(57-46)37-20-5-2-6-21-37)60-48-30-16-14-28-45(48)52-53-50(41-24-10-12-26-43(41)55(52)60)40-23-9-11-25-42(40)54-51(53)44-27-13-15-29-47(44)59(54)39-32-31-35-17-7-8-22-38(35)33-39/h1-34H. The van der Waals surface area contributed by atoms with Crippen LogP contribution >= 0.6 is 0 Å². The topological polar surface area (TPSA) is 35.6 Å². The van der Waals surface area contributed by atoms with Crippen molar-refractivity contribution < 1.29 is 0 Å². The maximum Gasteiger partial charge on any atom is 0.162 e. The van der Waals surface area contributed by atoms with Crippen LogP contribution < -0.4 is 0 Å². The third kappa shape index (κ3) is 4.67. The number of fused-ring (bicyclic) bond motifs is 16. The van der Waals surface area contributed by atoms with Gasteiger partial charge in [-0.2, -0.15) is 0 Å². The fourth-order valence-electron chi connectivity index (χ4n) is 9.94. The van der Waals surface area contributed by atoms with Gasteiger partial charge in [-0.15, -0.1) is 0 Å². The van der Waals surface area contributed by atoms with Crippen molar-refractivity contribution in [2.45, 2.75) is 0 Å². The second kappa shape index (κ2) is 12.7. The van der Waals surface area contributed by atoms with Crippen molar-refractivity contribution >= 4 is 86.7 Å². The van der Waals surface area contributed by atoms with E-state index in [2.05, 4.69) is 209 Å². The molecule has 0 saturated carbocycles. The molecular formula is C56H34N4. The van der Waals surface area contributed by atoms with Gasteiger partial charge < -0.3 is 4.57 Å². The first-order valence-electron chi connectivity index (χ1n) is 20.5. The van der Waals surface area contributed by atoms with Crippen LogP contribution in [-0.2, 0) is 0 Å². The van der Waals surface area contributed by atoms with Crippen LogP contribution in [0.3, 0.4) is 0 Å². The Kier molecular flexibility index (Phi) is 6.98. The minimum Gasteiger partial charge on any atom is -0.309 e. The first-order valence-corrected chi connectivity index (χ1v) is 20.5. The third-order valence-electron chi connectivity index (χ3n) is 12.4. The largest absolute Gasteiger partial charge is 0.309 e. The van der Waals surface area contributed by atoms with Crippen LogP contribution in [0.2, 0.25) is 0 Å². The molecule has 13 rings (SSSR count). The maximum atomic E-state index is 5.44. The lowest BCUT2D eigenvalue weighted by Crippen LogP contribution is -2.03. The van der Waals surface area contributed by atoms with Crippen LogP contribution in [0, 0.1) is 0 Å². The molecule has 0 bridgehead atoms. The number of para-hydroxylation sites is 2. The average molecular weight is 763 g/mol. The van der Waals surface area contributed by atoms with Gasteiger partial charge >= 0.3 is 0 Å². The summed E-state index contributed by atoms with van der Waals surface area (Å²) in [6.45, 7) is 0. The molecule has 278 valence electrons. The molecule has 3 aromatic heterocycles. The maximum absolute atomic E-state index is 5.44. The number of hydrogen-bond acceptors (Lipinski definition) is 2. The summed E-state index contributed by atoms with van der Waals surface area (Å²) in [5.74, 6) is 1.52. The average Bonchev–Trinajstić information content (AvgIpc) is 3.86. The molecule has 0 spiro atoms. The number of hydrogen-bond donors (Lipinski definition) is 0. The monoisotopic (exact) mass is 762 g/mol. The summed E-state index contributed by atoms with van der Waals surface area (Å²) >= 11 is 0. The van der Waals surface area contributed by atoms with Crippen molar-refractivity contribution in [2.75, 3.05) is 0 Å². The number of aromatic nitrogens is 4. The summed E-state index contributed by atoms with van der Waals surface area (Å²) < 4.78 is 4.90. The molecule has 0 N–H and O–H groups in total. The van der Waals surface area contributed by atoms with Crippen molar-refractivity contribution in [2.24, 2.45) is 0 Å². The summed E-state index contributed by atoms with van der Waals surface area (Å²) in [5.41, 5.74) is 8.67. The zero-order valence-electron chi connectivity index (χ0n) is 32.4. The molecule has 0 aliphatic heterocycles. The Labute approximate surface area is 344 Å². The van der Waals surface area contributed by atoms with Crippen LogP contribution in [0.15, 0.2) is 206 Å². The van der Waals surface area contributed by atoms with E-state index in [1.165, 1.54) is 75.7 Å². The SMILES string of the molecule is c1ccc(-c2cc(-n3c4ccccc4c4c5c(c6ccccc6c6c5c5ccccc5n6-c5ccc6ccccc6c5)c5ccccc5c43)nc(-c3ccccc3)n2)cc1. The second-order valence-corrected chi connectivity index (χ2v) is 15.7. The molecule has 0 radical (unpaired) electrons. The lowest BCUT2D eigenvalue weighted by Gasteiger charge is -2.17. The highest BCUT2D eigenvalue weighted by Crippen LogP contribution is 2.50. The molecule has 0 atom stereocenters. The van der Waals surface area contributed by atoms with Crippen LogP contribution in [0.25, 0.3) is 121 Å². The molecule has 3 heterocycles. The Balaban J connectivity index is 1.27. The highest BCUT2D eigenvalue weighted by molar-refractivity contribution is 6.45. The molecule has 0 unspecified atom stereocenters. The predicted octanol–water partition coefficient (Wildman–Crippen LogP) is 14.6. The molecule has 4 heteroatoms. The molecular weight excluding hydrogens is 729 g/mol. The van der Waals surface area contributed by atoms with Crippen LogP contribution in [0.5, 0.6) is 0 Å². The van der Waals surface area contributed by atoms with E-state index < -0.39 is 0 Å². The van der Waals surface area contributed by atoms with Crippen molar-refractivity contribution in [1.82, 2.24) is 19.1 Å². The third-order valence-corrected chi connectivity index (χ3v) is 12.4. The van der Waals surface area contributed by atoms with E-state index in [1.807, 2.05) is 6.07 Å². The van der Waals surface area contributed by atoms with Gasteiger partial charge in [0.05, 0.1) is 27.8 Å². The molecule has 0 aliphatic carbocycles. The number of nitrogens with zero attached hydrogens (tertiary/aromatic N) is 4. The Bertz CT molecular complexity index is 3820. The zero-order chi connectivity index (χ0) is 39.3. The first-order chi connectivity index (χ1) is 29.8. The molecule has 0 amide bonds. The normalized spacial score (nSPS) is 12.0. The van der Waals surface area contributed by atoms with Gasteiger partial charge in [-0.3, -0.25) is 4.57 Å². The molecule has 10 aromatic carbocycles. The van der Waals surface area contributed by atoms with Gasteiger partial charge in [-0.1, -0.05) is 176 Å². The number of rotatable bonds is 4. The van der Waals surface area contributed by atoms with E-state index in [9.17, 15) is 0 Å². The van der Waals surface area contributed by atoms with Crippen LogP contribution in [-0.4, -0.2) is 19.1 Å². The summed E-state index contributed by atoms with van der Waals surface area (Å²) in [6, 6.07) is 74.2. The van der Waals surface area contributed by atoms with E-state index in [0.717, 1.165) is 39.4 Å². The van der Waals surface area contributed by atoms with Gasteiger partial charge in [0.25, 0.3) is 0 Å². The van der Waals surface area contributed by atoms with Crippen molar-refractivity contribution in [3.8, 4) is 34.2 Å². The van der Waals surface area contributed by atoms with E-state index in [-0.39, 0.29) is 0 Å². The fraction of sp³-hybridized carbons (Fsp3) is 0. The lowest BCUT2D eigenvalue weighted by molar-refractivity contribution is 1.05. The highest BCUT2D eigenvalue weighted by Gasteiger charge is 2.26. The van der Waals surface area contributed by atoms with Gasteiger partial charge in [-0.25, -0.2) is 9.97 Å². The Hall–Kier alpha value is -8.08. The van der Waals surface area contributed by atoms with Gasteiger partial charge in [0.1, 0.15) is 5.82 Å². The summed E-state index contributed by atoms with van der Waals surface area (Å²) in [7, 11) is 0. The molecule has 4 nitrogen and oxygen atoms in total. The zero-order valence-corrected chi connectivity index (χ0v) is 32.4. The van der Waals surface area contributed by atoms with Crippen molar-refractivity contribution in [1.29, 1.82) is 0 Å². The molecule has 13 aromatic rings. The minimum atomic E-state index is 0.690. The smallest absolute Gasteiger partial charge is 0.162 e.